The number of amides is 1. The first-order valence-corrected chi connectivity index (χ1v) is 7.56. The van der Waals surface area contributed by atoms with Crippen molar-refractivity contribution in [3.05, 3.63) is 35.9 Å². The summed E-state index contributed by atoms with van der Waals surface area (Å²) in [6.07, 6.45) is -5.24. The molecule has 23 heavy (non-hydrogen) atoms. The molecule has 0 saturated carbocycles. The van der Waals surface area contributed by atoms with Gasteiger partial charge in [-0.1, -0.05) is 30.3 Å². The van der Waals surface area contributed by atoms with Gasteiger partial charge >= 0.3 is 0 Å². The summed E-state index contributed by atoms with van der Waals surface area (Å²) in [7, 11) is 0. The molecule has 1 aromatic rings. The summed E-state index contributed by atoms with van der Waals surface area (Å²) >= 11 is 0. The summed E-state index contributed by atoms with van der Waals surface area (Å²) in [5, 5.41) is 23.0. The Bertz CT molecular complexity index is 563. The van der Waals surface area contributed by atoms with Crippen molar-refractivity contribution in [2.45, 2.75) is 56.9 Å². The van der Waals surface area contributed by atoms with E-state index in [4.69, 9.17) is 14.2 Å². The van der Waals surface area contributed by atoms with Crippen molar-refractivity contribution in [2.75, 3.05) is 0 Å². The third-order valence-corrected chi connectivity index (χ3v) is 3.94. The molecular formula is C16H21NO6. The molecule has 3 rings (SSSR count). The predicted octanol–water partition coefficient (Wildman–Crippen LogP) is -0.0990. The quantitative estimate of drug-likeness (QED) is 0.716. The van der Waals surface area contributed by atoms with E-state index in [1.807, 2.05) is 30.3 Å². The Morgan fingerprint density at radius 2 is 2.00 bits per heavy atom. The van der Waals surface area contributed by atoms with Gasteiger partial charge in [-0.2, -0.15) is 0 Å². The summed E-state index contributed by atoms with van der Waals surface area (Å²) < 4.78 is 16.5. The highest BCUT2D eigenvalue weighted by Crippen LogP contribution is 2.38. The van der Waals surface area contributed by atoms with E-state index in [-0.39, 0.29) is 6.54 Å². The van der Waals surface area contributed by atoms with Gasteiger partial charge in [0.2, 0.25) is 0 Å². The number of carbonyl (C=O) groups is 1. The van der Waals surface area contributed by atoms with E-state index in [0.717, 1.165) is 5.56 Å². The van der Waals surface area contributed by atoms with Crippen LogP contribution in [0.1, 0.15) is 19.4 Å². The molecule has 0 bridgehead atoms. The summed E-state index contributed by atoms with van der Waals surface area (Å²) in [6, 6.07) is 9.32. The molecule has 2 fully saturated rings. The van der Waals surface area contributed by atoms with Gasteiger partial charge in [0.15, 0.2) is 18.2 Å². The minimum absolute atomic E-state index is 0.284. The first-order valence-electron chi connectivity index (χ1n) is 7.56. The highest BCUT2D eigenvalue weighted by atomic mass is 16.8. The van der Waals surface area contributed by atoms with Crippen molar-refractivity contribution in [3.8, 4) is 0 Å². The molecule has 0 spiro atoms. The van der Waals surface area contributed by atoms with Crippen molar-refractivity contribution in [3.63, 3.8) is 0 Å². The third-order valence-electron chi connectivity index (χ3n) is 3.94. The topological polar surface area (TPSA) is 97.2 Å². The Morgan fingerprint density at radius 1 is 1.30 bits per heavy atom. The number of ether oxygens (including phenoxy) is 3. The number of rotatable bonds is 4. The van der Waals surface area contributed by atoms with Crippen LogP contribution in [-0.2, 0) is 25.5 Å². The lowest BCUT2D eigenvalue weighted by Gasteiger charge is -2.25. The number of aliphatic hydroxyl groups is 2. The maximum Gasteiger partial charge on any atom is 0.251 e. The molecule has 1 aromatic carbocycles. The third kappa shape index (κ3) is 3.39. The van der Waals surface area contributed by atoms with Crippen LogP contribution >= 0.6 is 0 Å². The van der Waals surface area contributed by atoms with Gasteiger partial charge in [-0.25, -0.2) is 0 Å². The molecule has 2 aliphatic rings. The van der Waals surface area contributed by atoms with Crippen molar-refractivity contribution in [1.29, 1.82) is 0 Å². The summed E-state index contributed by atoms with van der Waals surface area (Å²) in [5.74, 6) is -1.47. The molecule has 7 nitrogen and oxygen atoms in total. The molecule has 126 valence electrons. The molecule has 0 aromatic heterocycles. The maximum absolute atomic E-state index is 12.1. The molecular weight excluding hydrogens is 302 g/mol. The van der Waals surface area contributed by atoms with Crippen molar-refractivity contribution in [1.82, 2.24) is 5.32 Å². The average Bonchev–Trinajstić information content (AvgIpc) is 2.98. The van der Waals surface area contributed by atoms with Gasteiger partial charge in [-0.05, 0) is 19.4 Å². The number of fused-ring (bicyclic) bond motifs is 1. The number of hydrogen-bond donors (Lipinski definition) is 3. The van der Waals surface area contributed by atoms with Gasteiger partial charge in [-0.15, -0.1) is 0 Å². The molecule has 2 saturated heterocycles. The van der Waals surface area contributed by atoms with Gasteiger partial charge in [0.25, 0.3) is 5.91 Å². The van der Waals surface area contributed by atoms with Crippen LogP contribution in [0.2, 0.25) is 0 Å². The lowest BCUT2D eigenvalue weighted by molar-refractivity contribution is -0.225. The molecule has 1 amide bonds. The molecule has 2 heterocycles. The number of hydrogen-bond acceptors (Lipinski definition) is 6. The smallest absolute Gasteiger partial charge is 0.251 e. The van der Waals surface area contributed by atoms with Crippen molar-refractivity contribution < 1.29 is 29.2 Å². The van der Waals surface area contributed by atoms with Crippen LogP contribution in [0.3, 0.4) is 0 Å². The SMILES string of the molecule is CC1(C)OC2C(O)[C@@H]([C@H](O)C(=O)NCc3ccccc3)O[C@@H]2O1. The standard InChI is InChI=1S/C16H21NO6/c1-16(2)22-13-10(18)12(21-15(13)23-16)11(19)14(20)17-8-9-6-4-3-5-7-9/h3-7,10-13,15,18-19H,8H2,1-2H3,(H,17,20)/t10?,11-,12-,13?,15+/m0/s1. The zero-order valence-electron chi connectivity index (χ0n) is 13.0. The fourth-order valence-corrected chi connectivity index (χ4v) is 2.82. The van der Waals surface area contributed by atoms with Gasteiger partial charge in [0.1, 0.15) is 18.3 Å². The molecule has 7 heteroatoms. The van der Waals surface area contributed by atoms with E-state index in [2.05, 4.69) is 5.32 Å². The number of carbonyl (C=O) groups excluding carboxylic acids is 1. The highest BCUT2D eigenvalue weighted by molar-refractivity contribution is 5.81. The Kier molecular flexibility index (Phi) is 4.39. The molecule has 3 N–H and O–H groups in total. The predicted molar refractivity (Wildman–Crippen MR) is 79.0 cm³/mol. The molecule has 5 atom stereocenters. The first-order chi connectivity index (χ1) is 10.9. The van der Waals surface area contributed by atoms with E-state index in [1.54, 1.807) is 13.8 Å². The lowest BCUT2D eigenvalue weighted by Crippen LogP contribution is -2.48. The van der Waals surface area contributed by atoms with Gasteiger partial charge in [0, 0.05) is 6.54 Å². The van der Waals surface area contributed by atoms with Crippen molar-refractivity contribution in [2.24, 2.45) is 0 Å². The van der Waals surface area contributed by atoms with E-state index >= 15 is 0 Å². The first kappa shape index (κ1) is 16.4. The Hall–Kier alpha value is -1.51. The number of benzene rings is 1. The van der Waals surface area contributed by atoms with Crippen molar-refractivity contribution >= 4 is 5.91 Å². The normalized spacial score (nSPS) is 33.2. The van der Waals surface area contributed by atoms with Crippen LogP contribution in [-0.4, -0.2) is 52.6 Å². The second kappa shape index (κ2) is 6.18. The molecule has 0 aliphatic carbocycles. The minimum atomic E-state index is -1.50. The second-order valence-corrected chi connectivity index (χ2v) is 6.21. The lowest BCUT2D eigenvalue weighted by atomic mass is 10.1. The fraction of sp³-hybridized carbons (Fsp3) is 0.562. The van der Waals surface area contributed by atoms with Crippen LogP contribution in [0.4, 0.5) is 0 Å². The van der Waals surface area contributed by atoms with Gasteiger partial charge in [0.05, 0.1) is 0 Å². The van der Waals surface area contributed by atoms with Crippen LogP contribution < -0.4 is 5.32 Å². The summed E-state index contributed by atoms with van der Waals surface area (Å²) in [5.41, 5.74) is 0.909. The fourth-order valence-electron chi connectivity index (χ4n) is 2.82. The average molecular weight is 323 g/mol. The van der Waals surface area contributed by atoms with E-state index in [0.29, 0.717) is 0 Å². The van der Waals surface area contributed by atoms with E-state index in [9.17, 15) is 15.0 Å². The van der Waals surface area contributed by atoms with E-state index in [1.165, 1.54) is 0 Å². The van der Waals surface area contributed by atoms with Gasteiger partial charge < -0.3 is 29.7 Å². The Labute approximate surface area is 134 Å². The second-order valence-electron chi connectivity index (χ2n) is 6.21. The number of nitrogens with one attached hydrogen (secondary N) is 1. The molecule has 0 radical (unpaired) electrons. The van der Waals surface area contributed by atoms with Gasteiger partial charge in [-0.3, -0.25) is 4.79 Å². The molecule has 2 unspecified atom stereocenters. The largest absolute Gasteiger partial charge is 0.387 e. The number of aliphatic hydroxyl groups excluding tert-OH is 2. The Balaban J connectivity index is 1.56. The van der Waals surface area contributed by atoms with Crippen LogP contribution in [0.15, 0.2) is 30.3 Å². The van der Waals surface area contributed by atoms with Crippen LogP contribution in [0, 0.1) is 0 Å². The van der Waals surface area contributed by atoms with Crippen LogP contribution in [0.5, 0.6) is 0 Å². The zero-order chi connectivity index (χ0) is 16.6. The van der Waals surface area contributed by atoms with E-state index < -0.39 is 42.4 Å². The minimum Gasteiger partial charge on any atom is -0.387 e. The zero-order valence-corrected chi connectivity index (χ0v) is 13.0. The molecule has 2 aliphatic heterocycles. The monoisotopic (exact) mass is 323 g/mol. The Morgan fingerprint density at radius 3 is 2.65 bits per heavy atom. The maximum atomic E-state index is 12.1. The summed E-state index contributed by atoms with van der Waals surface area (Å²) in [4.78, 5) is 12.1. The highest BCUT2D eigenvalue weighted by Gasteiger charge is 2.56. The van der Waals surface area contributed by atoms with Crippen LogP contribution in [0.25, 0.3) is 0 Å². The summed E-state index contributed by atoms with van der Waals surface area (Å²) in [6.45, 7) is 3.70.